The SMILES string of the molecule is COC(=O)c1cc(N2CC(N(C)C(=O)OCc3ccccc3)C2)ccc1C. The van der Waals surface area contributed by atoms with E-state index < -0.39 is 0 Å². The van der Waals surface area contributed by atoms with E-state index in [2.05, 4.69) is 4.90 Å². The van der Waals surface area contributed by atoms with Crippen molar-refractivity contribution in [3.8, 4) is 0 Å². The summed E-state index contributed by atoms with van der Waals surface area (Å²) >= 11 is 0. The second-order valence-electron chi connectivity index (χ2n) is 6.70. The zero-order valence-corrected chi connectivity index (χ0v) is 15.8. The fourth-order valence-corrected chi connectivity index (χ4v) is 3.02. The molecule has 27 heavy (non-hydrogen) atoms. The number of hydrogen-bond acceptors (Lipinski definition) is 5. The number of benzene rings is 2. The van der Waals surface area contributed by atoms with Crippen LogP contribution in [0.4, 0.5) is 10.5 Å². The lowest BCUT2D eigenvalue weighted by atomic mass is 10.0. The Morgan fingerprint density at radius 1 is 1.15 bits per heavy atom. The summed E-state index contributed by atoms with van der Waals surface area (Å²) in [7, 11) is 3.13. The fraction of sp³-hybridized carbons (Fsp3) is 0.333. The molecule has 6 heteroatoms. The lowest BCUT2D eigenvalue weighted by Crippen LogP contribution is -2.60. The Labute approximate surface area is 159 Å². The summed E-state index contributed by atoms with van der Waals surface area (Å²) in [6, 6.07) is 15.4. The molecule has 6 nitrogen and oxygen atoms in total. The van der Waals surface area contributed by atoms with Crippen LogP contribution in [0.1, 0.15) is 21.5 Å². The number of nitrogens with zero attached hydrogens (tertiary/aromatic N) is 2. The predicted molar refractivity (Wildman–Crippen MR) is 103 cm³/mol. The van der Waals surface area contributed by atoms with Crippen molar-refractivity contribution in [3.05, 3.63) is 65.2 Å². The van der Waals surface area contributed by atoms with Crippen LogP contribution in [-0.2, 0) is 16.1 Å². The number of anilines is 1. The van der Waals surface area contributed by atoms with E-state index in [9.17, 15) is 9.59 Å². The molecule has 1 heterocycles. The highest BCUT2D eigenvalue weighted by Crippen LogP contribution is 2.26. The van der Waals surface area contributed by atoms with Gasteiger partial charge in [0, 0.05) is 25.8 Å². The molecule has 0 radical (unpaired) electrons. The summed E-state index contributed by atoms with van der Waals surface area (Å²) in [5.74, 6) is -0.340. The average molecular weight is 368 g/mol. The predicted octanol–water partition coefficient (Wildman–Crippen LogP) is 3.24. The van der Waals surface area contributed by atoms with E-state index in [4.69, 9.17) is 9.47 Å². The molecule has 1 aliphatic heterocycles. The molecule has 0 N–H and O–H groups in total. The minimum Gasteiger partial charge on any atom is -0.465 e. The molecule has 3 rings (SSSR count). The summed E-state index contributed by atoms with van der Waals surface area (Å²) < 4.78 is 10.2. The number of methoxy groups -OCH3 is 1. The molecular formula is C21H24N2O4. The van der Waals surface area contributed by atoms with Crippen LogP contribution < -0.4 is 4.90 Å². The number of carbonyl (C=O) groups excluding carboxylic acids is 2. The number of aryl methyl sites for hydroxylation is 1. The lowest BCUT2D eigenvalue weighted by Gasteiger charge is -2.44. The Bertz CT molecular complexity index is 816. The van der Waals surface area contributed by atoms with Gasteiger partial charge in [-0.3, -0.25) is 0 Å². The summed E-state index contributed by atoms with van der Waals surface area (Å²) in [6.45, 7) is 3.54. The van der Waals surface area contributed by atoms with Crippen LogP contribution in [0.25, 0.3) is 0 Å². The van der Waals surface area contributed by atoms with Gasteiger partial charge in [-0.2, -0.15) is 0 Å². The molecule has 2 aromatic rings. The Morgan fingerprint density at radius 3 is 2.52 bits per heavy atom. The van der Waals surface area contributed by atoms with Crippen LogP contribution in [0.2, 0.25) is 0 Å². The van der Waals surface area contributed by atoms with E-state index >= 15 is 0 Å². The average Bonchev–Trinajstić information content (AvgIpc) is 2.66. The first-order valence-corrected chi connectivity index (χ1v) is 8.87. The normalized spacial score (nSPS) is 13.7. The summed E-state index contributed by atoms with van der Waals surface area (Å²) in [5.41, 5.74) is 3.35. The van der Waals surface area contributed by atoms with Gasteiger partial charge in [-0.15, -0.1) is 0 Å². The first kappa shape index (κ1) is 18.8. The third-order valence-corrected chi connectivity index (χ3v) is 4.89. The van der Waals surface area contributed by atoms with Gasteiger partial charge >= 0.3 is 12.1 Å². The van der Waals surface area contributed by atoms with E-state index in [-0.39, 0.29) is 24.7 Å². The van der Waals surface area contributed by atoms with Crippen molar-refractivity contribution in [2.24, 2.45) is 0 Å². The molecule has 0 unspecified atom stereocenters. The Hall–Kier alpha value is -3.02. The second-order valence-corrected chi connectivity index (χ2v) is 6.70. The van der Waals surface area contributed by atoms with Crippen LogP contribution in [0, 0.1) is 6.92 Å². The highest BCUT2D eigenvalue weighted by molar-refractivity contribution is 5.92. The van der Waals surface area contributed by atoms with Gasteiger partial charge in [-0.1, -0.05) is 36.4 Å². The van der Waals surface area contributed by atoms with Crippen molar-refractivity contribution in [1.82, 2.24) is 4.90 Å². The number of likely N-dealkylation sites (N-methyl/N-ethyl adjacent to an activating group) is 1. The van der Waals surface area contributed by atoms with Gasteiger partial charge in [-0.25, -0.2) is 9.59 Å². The first-order chi connectivity index (χ1) is 13.0. The number of carbonyl (C=O) groups is 2. The largest absolute Gasteiger partial charge is 0.465 e. The first-order valence-electron chi connectivity index (χ1n) is 8.87. The van der Waals surface area contributed by atoms with Crippen LogP contribution >= 0.6 is 0 Å². The Balaban J connectivity index is 1.54. The van der Waals surface area contributed by atoms with Gasteiger partial charge in [0.25, 0.3) is 0 Å². The molecule has 0 aliphatic carbocycles. The third-order valence-electron chi connectivity index (χ3n) is 4.89. The molecule has 142 valence electrons. The molecule has 2 aromatic carbocycles. The van der Waals surface area contributed by atoms with E-state index in [1.165, 1.54) is 7.11 Å². The molecule has 1 fully saturated rings. The van der Waals surface area contributed by atoms with Crippen molar-refractivity contribution in [2.45, 2.75) is 19.6 Å². The van der Waals surface area contributed by atoms with Gasteiger partial charge in [0.05, 0.1) is 18.7 Å². The quantitative estimate of drug-likeness (QED) is 0.759. The van der Waals surface area contributed by atoms with E-state index in [1.807, 2.05) is 55.5 Å². The number of ether oxygens (including phenoxy) is 2. The summed E-state index contributed by atoms with van der Waals surface area (Å²) in [4.78, 5) is 27.9. The monoisotopic (exact) mass is 368 g/mol. The summed E-state index contributed by atoms with van der Waals surface area (Å²) in [5, 5.41) is 0. The molecule has 0 saturated carbocycles. The smallest absolute Gasteiger partial charge is 0.410 e. The molecular weight excluding hydrogens is 344 g/mol. The summed E-state index contributed by atoms with van der Waals surface area (Å²) in [6.07, 6.45) is -0.331. The highest BCUT2D eigenvalue weighted by atomic mass is 16.6. The van der Waals surface area contributed by atoms with Crippen molar-refractivity contribution in [2.75, 3.05) is 32.1 Å². The third kappa shape index (κ3) is 4.22. The number of esters is 1. The van der Waals surface area contributed by atoms with Crippen LogP contribution in [0.5, 0.6) is 0 Å². The molecule has 0 atom stereocenters. The van der Waals surface area contributed by atoms with Crippen molar-refractivity contribution >= 4 is 17.7 Å². The van der Waals surface area contributed by atoms with E-state index in [0.717, 1.165) is 16.8 Å². The molecule has 0 bridgehead atoms. The number of rotatable bonds is 5. The van der Waals surface area contributed by atoms with Crippen molar-refractivity contribution in [3.63, 3.8) is 0 Å². The van der Waals surface area contributed by atoms with Gasteiger partial charge < -0.3 is 19.3 Å². The lowest BCUT2D eigenvalue weighted by molar-refractivity contribution is 0.0600. The Kier molecular flexibility index (Phi) is 5.64. The highest BCUT2D eigenvalue weighted by Gasteiger charge is 2.33. The minimum atomic E-state index is -0.340. The zero-order valence-electron chi connectivity index (χ0n) is 15.8. The Morgan fingerprint density at radius 2 is 1.85 bits per heavy atom. The van der Waals surface area contributed by atoms with Crippen LogP contribution in [-0.4, -0.2) is 50.3 Å². The van der Waals surface area contributed by atoms with Crippen LogP contribution in [0.15, 0.2) is 48.5 Å². The van der Waals surface area contributed by atoms with Crippen molar-refractivity contribution < 1.29 is 19.1 Å². The van der Waals surface area contributed by atoms with Gasteiger partial charge in [0.15, 0.2) is 0 Å². The molecule has 0 aromatic heterocycles. The van der Waals surface area contributed by atoms with Crippen molar-refractivity contribution in [1.29, 1.82) is 0 Å². The zero-order chi connectivity index (χ0) is 19.4. The minimum absolute atomic E-state index is 0.0798. The van der Waals surface area contributed by atoms with Crippen LogP contribution in [0.3, 0.4) is 0 Å². The van der Waals surface area contributed by atoms with Gasteiger partial charge in [0.1, 0.15) is 6.61 Å². The maximum Gasteiger partial charge on any atom is 0.410 e. The standard InChI is InChI=1S/C21H24N2O4/c1-15-9-10-17(11-19(15)20(24)26-3)23-12-18(13-23)22(2)21(25)27-14-16-7-5-4-6-8-16/h4-11,18H,12-14H2,1-3H3. The fourth-order valence-electron chi connectivity index (χ4n) is 3.02. The molecule has 1 saturated heterocycles. The molecule has 0 spiro atoms. The maximum absolute atomic E-state index is 12.2. The van der Waals surface area contributed by atoms with E-state index in [0.29, 0.717) is 18.7 Å². The number of amides is 1. The second kappa shape index (κ2) is 8.12. The molecule has 1 amide bonds. The van der Waals surface area contributed by atoms with E-state index in [1.54, 1.807) is 11.9 Å². The maximum atomic E-state index is 12.2. The molecule has 1 aliphatic rings. The topological polar surface area (TPSA) is 59.1 Å². The van der Waals surface area contributed by atoms with Gasteiger partial charge in [0.2, 0.25) is 0 Å². The van der Waals surface area contributed by atoms with Gasteiger partial charge in [-0.05, 0) is 30.2 Å². The number of hydrogen-bond donors (Lipinski definition) is 0.